The van der Waals surface area contributed by atoms with Crippen LogP contribution in [0.5, 0.6) is 5.75 Å². The van der Waals surface area contributed by atoms with Gasteiger partial charge in [-0.1, -0.05) is 38.0 Å². The second kappa shape index (κ2) is 12.0. The highest BCUT2D eigenvalue weighted by Crippen LogP contribution is 2.48. The molecule has 0 saturated heterocycles. The number of halogens is 6. The minimum Gasteiger partial charge on any atom is -0.432 e. The molecule has 3 fully saturated rings. The van der Waals surface area contributed by atoms with Gasteiger partial charge < -0.3 is 4.74 Å². The lowest BCUT2D eigenvalue weighted by atomic mass is 9.65. The Hall–Kier alpha value is -2.18. The van der Waals surface area contributed by atoms with Gasteiger partial charge in [-0.15, -0.1) is 0 Å². The Balaban J connectivity index is 1.10. The summed E-state index contributed by atoms with van der Waals surface area (Å²) in [5, 5.41) is 0. The van der Waals surface area contributed by atoms with E-state index in [9.17, 15) is 17.6 Å². The van der Waals surface area contributed by atoms with Gasteiger partial charge in [-0.05, 0) is 129 Å². The van der Waals surface area contributed by atoms with E-state index in [2.05, 4.69) is 6.92 Å². The van der Waals surface area contributed by atoms with Crippen LogP contribution >= 0.6 is 0 Å². The molecule has 5 rings (SSSR count). The van der Waals surface area contributed by atoms with E-state index >= 15 is 8.78 Å². The fraction of sp³-hybridized carbons (Fsp3) is 0.636. The second-order valence-electron chi connectivity index (χ2n) is 12.7. The van der Waals surface area contributed by atoms with Gasteiger partial charge in [-0.2, -0.15) is 22.0 Å². The van der Waals surface area contributed by atoms with Crippen LogP contribution in [0.3, 0.4) is 0 Å². The summed E-state index contributed by atoms with van der Waals surface area (Å²) in [6, 6.07) is 8.27. The van der Waals surface area contributed by atoms with Crippen LogP contribution in [-0.2, 0) is 6.18 Å². The Morgan fingerprint density at radius 2 is 1.05 bits per heavy atom. The molecule has 0 heterocycles. The molecule has 7 heteroatoms. The molecular weight excluding hydrogens is 526 g/mol. The summed E-state index contributed by atoms with van der Waals surface area (Å²) in [6.07, 6.45) is 5.04. The predicted molar refractivity (Wildman–Crippen MR) is 144 cm³/mol. The molecule has 1 nitrogen and oxygen atoms in total. The highest BCUT2D eigenvalue weighted by Gasteiger charge is 2.45. The smallest absolute Gasteiger partial charge is 0.419 e. The molecule has 2 aromatic rings. The monoisotopic (exact) mass is 566 g/mol. The van der Waals surface area contributed by atoms with Gasteiger partial charge >= 0.3 is 12.3 Å². The van der Waals surface area contributed by atoms with Crippen LogP contribution in [0.2, 0.25) is 0 Å². The number of ether oxygens (including phenoxy) is 1. The minimum atomic E-state index is -4.78. The number of hydrogen-bond acceptors (Lipinski definition) is 1. The van der Waals surface area contributed by atoms with Crippen molar-refractivity contribution in [2.45, 2.75) is 96.3 Å². The van der Waals surface area contributed by atoms with Gasteiger partial charge in [0.15, 0.2) is 0 Å². The van der Waals surface area contributed by atoms with E-state index in [1.54, 1.807) is 0 Å². The summed E-state index contributed by atoms with van der Waals surface area (Å²) in [6.45, 7) is 2.36. The number of benzene rings is 2. The zero-order chi connectivity index (χ0) is 28.5. The molecule has 0 unspecified atom stereocenters. The number of alkyl halides is 5. The van der Waals surface area contributed by atoms with E-state index in [1.807, 2.05) is 0 Å². The average molecular weight is 567 g/mol. The number of hydrogen-bond donors (Lipinski definition) is 0. The quantitative estimate of drug-likeness (QED) is 0.316. The summed E-state index contributed by atoms with van der Waals surface area (Å²) in [5.41, 5.74) is -0.701. The molecule has 3 saturated carbocycles. The fourth-order valence-electron chi connectivity index (χ4n) is 7.65. The van der Waals surface area contributed by atoms with Crippen LogP contribution in [0.4, 0.5) is 26.3 Å². The van der Waals surface area contributed by atoms with E-state index in [1.165, 1.54) is 75.6 Å². The van der Waals surface area contributed by atoms with Crippen molar-refractivity contribution in [2.24, 2.45) is 35.5 Å². The van der Waals surface area contributed by atoms with Gasteiger partial charge in [0.05, 0.1) is 11.5 Å². The van der Waals surface area contributed by atoms with Crippen molar-refractivity contribution in [1.29, 1.82) is 0 Å². The Kier molecular flexibility index (Phi) is 8.77. The van der Waals surface area contributed by atoms with Crippen LogP contribution in [0, 0.1) is 41.3 Å². The molecule has 0 aliphatic heterocycles. The van der Waals surface area contributed by atoms with Gasteiger partial charge in [0, 0.05) is 0 Å². The normalized spacial score (nSPS) is 30.2. The molecular formula is C33H40F6O. The van der Waals surface area contributed by atoms with Gasteiger partial charge in [-0.25, -0.2) is 4.39 Å². The van der Waals surface area contributed by atoms with E-state index in [0.717, 1.165) is 42.7 Å². The standard InChI is InChI=1S/C33H40F6O/c1-21-2-4-22(5-3-21)23-6-8-24(9-7-23)25-10-15-28(16-11-25)33(38,39)40-29-17-12-26(13-18-29)27-14-19-30(31(34)20-27)32(35,36)37/h12-14,17-25,28H,2-11,15-16H2,1H3. The van der Waals surface area contributed by atoms with Crippen LogP contribution in [0.1, 0.15) is 89.5 Å². The summed E-state index contributed by atoms with van der Waals surface area (Å²) < 4.78 is 87.8. The maximum Gasteiger partial charge on any atom is 0.419 e. The second-order valence-corrected chi connectivity index (χ2v) is 12.7. The Labute approximate surface area is 233 Å². The minimum absolute atomic E-state index is 0.0151. The predicted octanol–water partition coefficient (Wildman–Crippen LogP) is 10.9. The maximum absolute atomic E-state index is 15.1. The van der Waals surface area contributed by atoms with Crippen molar-refractivity contribution < 1.29 is 31.1 Å². The molecule has 3 aliphatic carbocycles. The SMILES string of the molecule is CC1CCC(C2CCC(C3CCC(C(F)(F)Oc4ccc(-c5ccc(C(F)(F)F)c(F)c5)cc4)CC3)CC2)CC1. The van der Waals surface area contributed by atoms with Crippen molar-refractivity contribution in [3.05, 3.63) is 53.8 Å². The van der Waals surface area contributed by atoms with E-state index in [-0.39, 0.29) is 11.3 Å². The summed E-state index contributed by atoms with van der Waals surface area (Å²) in [7, 11) is 0. The largest absolute Gasteiger partial charge is 0.432 e. The van der Waals surface area contributed by atoms with Crippen LogP contribution < -0.4 is 4.74 Å². The molecule has 0 amide bonds. The first-order valence-corrected chi connectivity index (χ1v) is 15.0. The topological polar surface area (TPSA) is 9.23 Å². The molecule has 0 atom stereocenters. The van der Waals surface area contributed by atoms with Crippen LogP contribution in [0.25, 0.3) is 11.1 Å². The molecule has 0 radical (unpaired) electrons. The van der Waals surface area contributed by atoms with Crippen molar-refractivity contribution in [1.82, 2.24) is 0 Å². The average Bonchev–Trinajstić information content (AvgIpc) is 2.93. The molecule has 0 aromatic heterocycles. The molecule has 3 aliphatic rings. The number of rotatable bonds is 6. The van der Waals surface area contributed by atoms with Crippen molar-refractivity contribution in [3.63, 3.8) is 0 Å². The Morgan fingerprint density at radius 3 is 1.52 bits per heavy atom. The lowest BCUT2D eigenvalue weighted by Gasteiger charge is -2.41. The zero-order valence-corrected chi connectivity index (χ0v) is 23.2. The zero-order valence-electron chi connectivity index (χ0n) is 23.2. The lowest BCUT2D eigenvalue weighted by Crippen LogP contribution is -2.38. The third-order valence-electron chi connectivity index (χ3n) is 10.2. The summed E-state index contributed by atoms with van der Waals surface area (Å²) in [4.78, 5) is 0. The summed E-state index contributed by atoms with van der Waals surface area (Å²) >= 11 is 0. The van der Waals surface area contributed by atoms with Crippen molar-refractivity contribution in [3.8, 4) is 16.9 Å². The van der Waals surface area contributed by atoms with Crippen LogP contribution in [-0.4, -0.2) is 6.11 Å². The van der Waals surface area contributed by atoms with E-state index < -0.39 is 29.6 Å². The molecule has 2 aromatic carbocycles. The third-order valence-corrected chi connectivity index (χ3v) is 10.2. The van der Waals surface area contributed by atoms with Crippen molar-refractivity contribution >= 4 is 0 Å². The first kappa shape index (κ1) is 29.3. The lowest BCUT2D eigenvalue weighted by molar-refractivity contribution is -0.224. The molecule has 0 N–H and O–H groups in total. The van der Waals surface area contributed by atoms with Crippen LogP contribution in [0.15, 0.2) is 42.5 Å². The van der Waals surface area contributed by atoms with Gasteiger partial charge in [0.25, 0.3) is 0 Å². The molecule has 0 spiro atoms. The van der Waals surface area contributed by atoms with Gasteiger partial charge in [-0.3, -0.25) is 0 Å². The Morgan fingerprint density at radius 1 is 0.600 bits per heavy atom. The molecule has 0 bridgehead atoms. The highest BCUT2D eigenvalue weighted by atomic mass is 19.4. The van der Waals surface area contributed by atoms with E-state index in [0.29, 0.717) is 36.3 Å². The van der Waals surface area contributed by atoms with Gasteiger partial charge in [0.2, 0.25) is 0 Å². The third kappa shape index (κ3) is 6.82. The van der Waals surface area contributed by atoms with Gasteiger partial charge in [0.1, 0.15) is 11.6 Å². The Bertz CT molecular complexity index is 1100. The first-order chi connectivity index (χ1) is 19.0. The van der Waals surface area contributed by atoms with E-state index in [4.69, 9.17) is 4.74 Å². The summed E-state index contributed by atoms with van der Waals surface area (Å²) in [5.74, 6) is 1.60. The maximum atomic E-state index is 15.1. The molecule has 220 valence electrons. The van der Waals surface area contributed by atoms with Crippen molar-refractivity contribution in [2.75, 3.05) is 0 Å². The first-order valence-electron chi connectivity index (χ1n) is 15.0. The highest BCUT2D eigenvalue weighted by molar-refractivity contribution is 5.64. The molecule has 40 heavy (non-hydrogen) atoms. The fourth-order valence-corrected chi connectivity index (χ4v) is 7.65.